The van der Waals surface area contributed by atoms with E-state index in [-0.39, 0.29) is 5.56 Å². The first-order valence-corrected chi connectivity index (χ1v) is 8.32. The van der Waals surface area contributed by atoms with Crippen LogP contribution in [0.2, 0.25) is 0 Å². The number of ketones is 1. The molecule has 0 fully saturated rings. The van der Waals surface area contributed by atoms with Gasteiger partial charge in [0.05, 0.1) is 1.37 Å². The number of nitrogens with one attached hydrogen (secondary N) is 1. The molecule has 0 aliphatic carbocycles. The molecule has 1 aliphatic rings. The van der Waals surface area contributed by atoms with Crippen LogP contribution in [-0.2, 0) is 20.8 Å². The summed E-state index contributed by atoms with van der Waals surface area (Å²) in [4.78, 5) is 39.6. The number of likely N-dealkylation sites (N-methyl/N-ethyl adjacent to an activating group) is 1. The monoisotopic (exact) mass is 366 g/mol. The predicted molar refractivity (Wildman–Crippen MR) is 98.3 cm³/mol. The molecule has 1 unspecified atom stereocenters. The highest BCUT2D eigenvalue weighted by Gasteiger charge is 2.32. The van der Waals surface area contributed by atoms with Gasteiger partial charge < -0.3 is 15.3 Å². The summed E-state index contributed by atoms with van der Waals surface area (Å²) in [6, 6.07) is 4.41. The van der Waals surface area contributed by atoms with Crippen LogP contribution >= 0.6 is 0 Å². The Morgan fingerprint density at radius 3 is 2.85 bits per heavy atom. The molecule has 6 heteroatoms. The van der Waals surface area contributed by atoms with Crippen LogP contribution in [-0.4, -0.2) is 47.3 Å². The van der Waals surface area contributed by atoms with Crippen LogP contribution in [0, 0.1) is 11.8 Å². The lowest BCUT2D eigenvalue weighted by atomic mass is 9.94. The Morgan fingerprint density at radius 2 is 2.15 bits per heavy atom. The SMILES string of the molecule is [2H]C([2H])([2H])C([2H])(C)[C@H](O)C(=O)C[C@@]([2H])(C)C(=O)N[C@]1([2H])C(=O)N(C)CCc2ccccc21. The van der Waals surface area contributed by atoms with Crippen molar-refractivity contribution in [3.63, 3.8) is 0 Å². The van der Waals surface area contributed by atoms with E-state index in [1.807, 2.05) is 0 Å². The number of carbonyl (C=O) groups is 3. The van der Waals surface area contributed by atoms with Crippen molar-refractivity contribution in [1.82, 2.24) is 10.2 Å². The summed E-state index contributed by atoms with van der Waals surface area (Å²) in [5, 5.41) is 12.4. The molecular weight excluding hydrogens is 332 g/mol. The highest BCUT2D eigenvalue weighted by molar-refractivity contribution is 5.92. The normalized spacial score (nSPS) is 29.7. The molecule has 1 aromatic carbocycles. The largest absolute Gasteiger partial charge is 0.385 e. The summed E-state index contributed by atoms with van der Waals surface area (Å²) in [6.07, 6.45) is -2.70. The van der Waals surface area contributed by atoms with E-state index in [4.69, 9.17) is 8.22 Å². The van der Waals surface area contributed by atoms with Crippen LogP contribution in [0.15, 0.2) is 24.3 Å². The number of Topliss-reactive ketones (excluding diaryl/α,β-unsaturated/α-hetero) is 1. The molecule has 26 heavy (non-hydrogen) atoms. The van der Waals surface area contributed by atoms with Gasteiger partial charge in [0.2, 0.25) is 11.8 Å². The summed E-state index contributed by atoms with van der Waals surface area (Å²) >= 11 is 0. The van der Waals surface area contributed by atoms with Crippen molar-refractivity contribution in [3.05, 3.63) is 35.4 Å². The van der Waals surface area contributed by atoms with Crippen molar-refractivity contribution >= 4 is 17.6 Å². The smallest absolute Gasteiger partial charge is 0.249 e. The highest BCUT2D eigenvalue weighted by atomic mass is 16.3. The molecule has 4 atom stereocenters. The van der Waals surface area contributed by atoms with Gasteiger partial charge >= 0.3 is 0 Å². The number of hydrogen-bond donors (Lipinski definition) is 2. The van der Waals surface area contributed by atoms with Crippen LogP contribution in [0.5, 0.6) is 0 Å². The van der Waals surface area contributed by atoms with Crippen molar-refractivity contribution in [2.75, 3.05) is 13.6 Å². The third-order valence-electron chi connectivity index (χ3n) is 4.34. The fourth-order valence-electron chi connectivity index (χ4n) is 2.70. The van der Waals surface area contributed by atoms with E-state index in [2.05, 4.69) is 5.32 Å². The first-order chi connectivity index (χ1) is 14.4. The quantitative estimate of drug-likeness (QED) is 0.798. The van der Waals surface area contributed by atoms with Gasteiger partial charge in [-0.15, -0.1) is 0 Å². The van der Waals surface area contributed by atoms with Crippen molar-refractivity contribution in [2.45, 2.75) is 45.7 Å². The zero-order chi connectivity index (χ0) is 24.7. The van der Waals surface area contributed by atoms with Gasteiger partial charge in [0.1, 0.15) is 12.1 Å². The minimum atomic E-state index is -2.98. The van der Waals surface area contributed by atoms with Crippen LogP contribution in [0.3, 0.4) is 0 Å². The number of hydrogen-bond acceptors (Lipinski definition) is 4. The van der Waals surface area contributed by atoms with E-state index in [1.54, 1.807) is 18.2 Å². The van der Waals surface area contributed by atoms with Crippen LogP contribution in [0.4, 0.5) is 0 Å². The number of aliphatic hydroxyl groups is 1. The van der Waals surface area contributed by atoms with Crippen molar-refractivity contribution in [1.29, 1.82) is 0 Å². The molecule has 0 bridgehead atoms. The van der Waals surface area contributed by atoms with Gasteiger partial charge in [0, 0.05) is 32.8 Å². The van der Waals surface area contributed by atoms with E-state index in [9.17, 15) is 19.5 Å². The molecule has 0 spiro atoms. The first kappa shape index (κ1) is 13.0. The number of carbonyl (C=O) groups excluding carboxylic acids is 3. The molecule has 2 rings (SSSR count). The van der Waals surface area contributed by atoms with E-state index in [1.165, 1.54) is 18.0 Å². The van der Waals surface area contributed by atoms with Gasteiger partial charge in [-0.05, 0) is 23.4 Å². The maximum absolute atomic E-state index is 12.9. The Kier molecular flexibility index (Phi) is 4.23. The average Bonchev–Trinajstić information content (AvgIpc) is 2.77. The van der Waals surface area contributed by atoms with E-state index >= 15 is 0 Å². The number of rotatable bonds is 6. The van der Waals surface area contributed by atoms with Gasteiger partial charge in [0.25, 0.3) is 0 Å². The standard InChI is InChI=1S/C20H28N2O4/c1-12(2)18(24)16(23)11-13(3)19(25)21-17-15-8-6-5-7-14(15)9-10-22(4)20(17)26/h5-8,12-13,17-18,24H,9-11H2,1-4H3,(H,21,25)/t13-,17+,18+/m1/s1/i1D3,12D,13D,17D/t12?,13-,17+,18+. The Labute approximate surface area is 163 Å². The summed E-state index contributed by atoms with van der Waals surface area (Å²) in [5.74, 6) is -7.77. The molecule has 2 N–H and O–H groups in total. The van der Waals surface area contributed by atoms with Crippen LogP contribution in [0.25, 0.3) is 0 Å². The molecule has 1 aliphatic heterocycles. The summed E-state index contributed by atoms with van der Waals surface area (Å²) < 4.78 is 47.0. The molecule has 0 saturated heterocycles. The van der Waals surface area contributed by atoms with E-state index < -0.39 is 54.8 Å². The lowest BCUT2D eigenvalue weighted by Gasteiger charge is -2.24. The minimum absolute atomic E-state index is 0.256. The number of aliphatic hydroxyl groups excluding tert-OH is 1. The third kappa shape index (κ3) is 4.49. The fourth-order valence-corrected chi connectivity index (χ4v) is 2.70. The second-order valence-corrected chi connectivity index (χ2v) is 6.47. The average molecular weight is 366 g/mol. The lowest BCUT2D eigenvalue weighted by Crippen LogP contribution is -2.43. The second kappa shape index (κ2) is 8.45. The highest BCUT2D eigenvalue weighted by Crippen LogP contribution is 2.25. The minimum Gasteiger partial charge on any atom is -0.385 e. The maximum atomic E-state index is 12.9. The molecule has 2 amide bonds. The summed E-state index contributed by atoms with van der Waals surface area (Å²) in [6.45, 7) is -0.717. The Morgan fingerprint density at radius 1 is 1.46 bits per heavy atom. The topological polar surface area (TPSA) is 86.7 Å². The van der Waals surface area contributed by atoms with Crippen molar-refractivity contribution < 1.29 is 27.7 Å². The van der Waals surface area contributed by atoms with Crippen molar-refractivity contribution in [3.8, 4) is 0 Å². The van der Waals surface area contributed by atoms with Gasteiger partial charge in [-0.25, -0.2) is 0 Å². The number of benzene rings is 1. The number of nitrogens with zero attached hydrogens (tertiary/aromatic N) is 1. The summed E-state index contributed by atoms with van der Waals surface area (Å²) in [7, 11) is 1.49. The van der Waals surface area contributed by atoms with E-state index in [0.717, 1.165) is 13.8 Å². The Bertz CT molecular complexity index is 918. The third-order valence-corrected chi connectivity index (χ3v) is 4.34. The Balaban J connectivity index is 2.30. The molecule has 0 radical (unpaired) electrons. The molecule has 0 aromatic heterocycles. The van der Waals surface area contributed by atoms with Crippen LogP contribution in [0.1, 0.15) is 52.5 Å². The zero-order valence-electron chi connectivity index (χ0n) is 21.1. The summed E-state index contributed by atoms with van der Waals surface area (Å²) in [5.41, 5.74) is 0.937. The predicted octanol–water partition coefficient (Wildman–Crippen LogP) is 1.47. The van der Waals surface area contributed by atoms with Crippen LogP contribution < -0.4 is 5.32 Å². The molecular formula is C20H28N2O4. The second-order valence-electron chi connectivity index (χ2n) is 6.47. The Hall–Kier alpha value is -2.21. The number of amides is 2. The molecule has 142 valence electrons. The molecule has 1 heterocycles. The van der Waals surface area contributed by atoms with Gasteiger partial charge in [-0.1, -0.05) is 45.0 Å². The lowest BCUT2D eigenvalue weighted by molar-refractivity contribution is -0.137. The molecule has 0 saturated carbocycles. The van der Waals surface area contributed by atoms with Crippen molar-refractivity contribution in [2.24, 2.45) is 11.8 Å². The van der Waals surface area contributed by atoms with Gasteiger partial charge in [-0.2, -0.15) is 0 Å². The van der Waals surface area contributed by atoms with Gasteiger partial charge in [-0.3, -0.25) is 14.4 Å². The first-order valence-electron chi connectivity index (χ1n) is 11.3. The fraction of sp³-hybridized carbons (Fsp3) is 0.550. The molecule has 6 nitrogen and oxygen atoms in total. The van der Waals surface area contributed by atoms with E-state index in [0.29, 0.717) is 18.5 Å². The number of fused-ring (bicyclic) bond motifs is 1. The van der Waals surface area contributed by atoms with Gasteiger partial charge in [0.15, 0.2) is 5.78 Å². The molecule has 1 aromatic rings. The zero-order valence-corrected chi connectivity index (χ0v) is 15.1. The maximum Gasteiger partial charge on any atom is 0.249 e.